The normalized spacial score (nSPS) is 17.5. The highest BCUT2D eigenvalue weighted by Crippen LogP contribution is 2.25. The average molecular weight is 373 g/mol. The molecule has 1 fully saturated rings. The van der Waals surface area contributed by atoms with Gasteiger partial charge < -0.3 is 10.2 Å². The van der Waals surface area contributed by atoms with Gasteiger partial charge in [0.15, 0.2) is 0 Å². The van der Waals surface area contributed by atoms with Crippen molar-refractivity contribution in [2.24, 2.45) is 11.8 Å². The fraction of sp³-hybridized carbons (Fsp3) is 0.550. The van der Waals surface area contributed by atoms with Gasteiger partial charge in [0.25, 0.3) is 0 Å². The summed E-state index contributed by atoms with van der Waals surface area (Å²) in [6, 6.07) is 10.3. The highest BCUT2D eigenvalue weighted by Gasteiger charge is 2.27. The molecule has 1 saturated heterocycles. The summed E-state index contributed by atoms with van der Waals surface area (Å²) in [4.78, 5) is 19.4. The Labute approximate surface area is 160 Å². The molecule has 1 aromatic heterocycles. The second kappa shape index (κ2) is 9.12. The average Bonchev–Trinajstić information content (AvgIpc) is 3.11. The third-order valence-corrected chi connectivity index (χ3v) is 5.56. The third kappa shape index (κ3) is 5.27. The van der Waals surface area contributed by atoms with Crippen LogP contribution in [0.2, 0.25) is 0 Å². The van der Waals surface area contributed by atoms with Gasteiger partial charge in [-0.25, -0.2) is 4.98 Å². The number of hydrogen-bond acceptors (Lipinski definition) is 5. The maximum absolute atomic E-state index is 12.4. The monoisotopic (exact) mass is 372 g/mol. The Morgan fingerprint density at radius 2 is 2.15 bits per heavy atom. The van der Waals surface area contributed by atoms with E-state index in [-0.39, 0.29) is 11.8 Å². The fourth-order valence-electron chi connectivity index (χ4n) is 3.22. The Kier molecular flexibility index (Phi) is 6.61. The standard InChI is InChI=1S/C20H28N4OS/c1-15(2)10-11-21-19(25)17-9-6-12-24(14-17)20-22-18(23-26-20)13-16-7-4-3-5-8-16/h3-5,7-8,15,17H,6,9-14H2,1-2H3,(H,21,25). The molecule has 1 amide bonds. The molecule has 1 aliphatic rings. The van der Waals surface area contributed by atoms with Crippen LogP contribution in [0.1, 0.15) is 44.5 Å². The van der Waals surface area contributed by atoms with Gasteiger partial charge in [0.1, 0.15) is 5.82 Å². The van der Waals surface area contributed by atoms with Crippen molar-refractivity contribution in [2.45, 2.75) is 39.5 Å². The second-order valence-corrected chi connectivity index (χ2v) is 8.14. The summed E-state index contributed by atoms with van der Waals surface area (Å²) in [7, 11) is 0. The molecule has 2 aromatic rings. The molecule has 0 aliphatic carbocycles. The van der Waals surface area contributed by atoms with Crippen LogP contribution >= 0.6 is 11.5 Å². The molecule has 3 rings (SSSR count). The summed E-state index contributed by atoms with van der Waals surface area (Å²) in [5.74, 6) is 1.71. The van der Waals surface area contributed by atoms with Crippen molar-refractivity contribution >= 4 is 22.6 Å². The second-order valence-electron chi connectivity index (χ2n) is 7.41. The van der Waals surface area contributed by atoms with E-state index in [1.807, 2.05) is 18.2 Å². The molecule has 0 spiro atoms. The lowest BCUT2D eigenvalue weighted by Gasteiger charge is -2.31. The van der Waals surface area contributed by atoms with Crippen molar-refractivity contribution in [2.75, 3.05) is 24.5 Å². The maximum atomic E-state index is 12.4. The highest BCUT2D eigenvalue weighted by molar-refractivity contribution is 7.09. The molecule has 2 heterocycles. The van der Waals surface area contributed by atoms with Crippen LogP contribution in [-0.4, -0.2) is 34.9 Å². The first-order chi connectivity index (χ1) is 12.6. The van der Waals surface area contributed by atoms with E-state index in [1.54, 1.807) is 0 Å². The first kappa shape index (κ1) is 18.8. The zero-order valence-electron chi connectivity index (χ0n) is 15.6. The van der Waals surface area contributed by atoms with Gasteiger partial charge in [-0.15, -0.1) is 0 Å². The van der Waals surface area contributed by atoms with Gasteiger partial charge in [0.2, 0.25) is 11.0 Å². The molecule has 0 radical (unpaired) electrons. The highest BCUT2D eigenvalue weighted by atomic mass is 32.1. The van der Waals surface area contributed by atoms with E-state index in [2.05, 4.69) is 40.6 Å². The van der Waals surface area contributed by atoms with E-state index < -0.39 is 0 Å². The van der Waals surface area contributed by atoms with Gasteiger partial charge in [0.05, 0.1) is 5.92 Å². The molecule has 1 N–H and O–H groups in total. The molecule has 1 aromatic carbocycles. The number of piperidine rings is 1. The van der Waals surface area contributed by atoms with Gasteiger partial charge in [-0.2, -0.15) is 4.37 Å². The Balaban J connectivity index is 1.55. The first-order valence-electron chi connectivity index (χ1n) is 9.51. The molecule has 0 bridgehead atoms. The number of amides is 1. The van der Waals surface area contributed by atoms with Gasteiger partial charge in [0, 0.05) is 37.6 Å². The smallest absolute Gasteiger partial charge is 0.224 e. The lowest BCUT2D eigenvalue weighted by Crippen LogP contribution is -2.43. The van der Waals surface area contributed by atoms with Crippen LogP contribution in [-0.2, 0) is 11.2 Å². The molecule has 0 saturated carbocycles. The number of hydrogen-bond donors (Lipinski definition) is 1. The van der Waals surface area contributed by atoms with Crippen LogP contribution in [0.25, 0.3) is 0 Å². The molecule has 1 unspecified atom stereocenters. The molecule has 5 nitrogen and oxygen atoms in total. The number of anilines is 1. The minimum Gasteiger partial charge on any atom is -0.356 e. The number of aromatic nitrogens is 2. The third-order valence-electron chi connectivity index (χ3n) is 4.75. The lowest BCUT2D eigenvalue weighted by atomic mass is 9.97. The van der Waals surface area contributed by atoms with Crippen molar-refractivity contribution in [3.63, 3.8) is 0 Å². The number of nitrogens with one attached hydrogen (secondary N) is 1. The summed E-state index contributed by atoms with van der Waals surface area (Å²) in [5, 5.41) is 4.04. The van der Waals surface area contributed by atoms with E-state index in [0.717, 1.165) is 56.3 Å². The van der Waals surface area contributed by atoms with E-state index in [1.165, 1.54) is 17.1 Å². The number of nitrogens with zero attached hydrogens (tertiary/aromatic N) is 3. The van der Waals surface area contributed by atoms with Crippen LogP contribution in [0, 0.1) is 11.8 Å². The number of rotatable bonds is 7. The Morgan fingerprint density at radius 3 is 2.92 bits per heavy atom. The van der Waals surface area contributed by atoms with Crippen molar-refractivity contribution in [3.05, 3.63) is 41.7 Å². The van der Waals surface area contributed by atoms with Crippen molar-refractivity contribution in [1.29, 1.82) is 0 Å². The van der Waals surface area contributed by atoms with Gasteiger partial charge >= 0.3 is 0 Å². The first-order valence-corrected chi connectivity index (χ1v) is 10.3. The fourth-order valence-corrected chi connectivity index (χ4v) is 3.94. The van der Waals surface area contributed by atoms with Gasteiger partial charge in [-0.3, -0.25) is 4.79 Å². The van der Waals surface area contributed by atoms with Crippen LogP contribution in [0.15, 0.2) is 30.3 Å². The minimum atomic E-state index is 0.0531. The zero-order valence-corrected chi connectivity index (χ0v) is 16.5. The molecule has 1 atom stereocenters. The van der Waals surface area contributed by atoms with Crippen molar-refractivity contribution < 1.29 is 4.79 Å². The van der Waals surface area contributed by atoms with E-state index in [0.29, 0.717) is 5.92 Å². The quantitative estimate of drug-likeness (QED) is 0.808. The molecular weight excluding hydrogens is 344 g/mol. The van der Waals surface area contributed by atoms with Gasteiger partial charge in [-0.05, 0) is 30.7 Å². The molecule has 1 aliphatic heterocycles. The Morgan fingerprint density at radius 1 is 1.35 bits per heavy atom. The predicted octanol–water partition coefficient (Wildman–Crippen LogP) is 3.51. The summed E-state index contributed by atoms with van der Waals surface area (Å²) in [6.07, 6.45) is 3.77. The van der Waals surface area contributed by atoms with Crippen LogP contribution in [0.3, 0.4) is 0 Å². The van der Waals surface area contributed by atoms with E-state index >= 15 is 0 Å². The van der Waals surface area contributed by atoms with Gasteiger partial charge in [-0.1, -0.05) is 44.2 Å². The molecular formula is C20H28N4OS. The Bertz CT molecular complexity index is 701. The maximum Gasteiger partial charge on any atom is 0.224 e. The number of carbonyl (C=O) groups excluding carboxylic acids is 1. The lowest BCUT2D eigenvalue weighted by molar-refractivity contribution is -0.125. The van der Waals surface area contributed by atoms with Crippen LogP contribution in [0.5, 0.6) is 0 Å². The summed E-state index contributed by atoms with van der Waals surface area (Å²) in [5.41, 5.74) is 1.22. The summed E-state index contributed by atoms with van der Waals surface area (Å²) >= 11 is 1.44. The minimum absolute atomic E-state index is 0.0531. The molecule has 26 heavy (non-hydrogen) atoms. The largest absolute Gasteiger partial charge is 0.356 e. The molecule has 6 heteroatoms. The number of carbonyl (C=O) groups is 1. The predicted molar refractivity (Wildman–Crippen MR) is 107 cm³/mol. The number of benzene rings is 1. The Hall–Kier alpha value is -1.95. The molecule has 140 valence electrons. The zero-order chi connectivity index (χ0) is 18.4. The summed E-state index contributed by atoms with van der Waals surface area (Å²) in [6.45, 7) is 6.82. The summed E-state index contributed by atoms with van der Waals surface area (Å²) < 4.78 is 4.51. The van der Waals surface area contributed by atoms with Crippen LogP contribution in [0.4, 0.5) is 5.13 Å². The van der Waals surface area contributed by atoms with Crippen LogP contribution < -0.4 is 10.2 Å². The van der Waals surface area contributed by atoms with Crippen molar-refractivity contribution in [1.82, 2.24) is 14.7 Å². The SMILES string of the molecule is CC(C)CCNC(=O)C1CCCN(c2nc(Cc3ccccc3)ns2)C1. The van der Waals surface area contributed by atoms with E-state index in [9.17, 15) is 4.79 Å². The topological polar surface area (TPSA) is 58.1 Å². The van der Waals surface area contributed by atoms with E-state index in [4.69, 9.17) is 4.98 Å². The van der Waals surface area contributed by atoms with Crippen molar-refractivity contribution in [3.8, 4) is 0 Å².